The lowest BCUT2D eigenvalue weighted by atomic mass is 9.97. The number of halogens is 1. The number of hydrogen-bond acceptors (Lipinski definition) is 2. The SMILES string of the molecule is O=C(Nc1ccc(F)cc1)c1cccc2c1CCCN2. The van der Waals surface area contributed by atoms with Gasteiger partial charge in [0.25, 0.3) is 5.91 Å². The number of carbonyl (C=O) groups excluding carboxylic acids is 1. The molecule has 3 nitrogen and oxygen atoms in total. The smallest absolute Gasteiger partial charge is 0.256 e. The van der Waals surface area contributed by atoms with E-state index in [0.717, 1.165) is 30.6 Å². The largest absolute Gasteiger partial charge is 0.385 e. The van der Waals surface area contributed by atoms with Gasteiger partial charge in [0.2, 0.25) is 0 Å². The highest BCUT2D eigenvalue weighted by atomic mass is 19.1. The highest BCUT2D eigenvalue weighted by Gasteiger charge is 2.17. The lowest BCUT2D eigenvalue weighted by molar-refractivity contribution is 0.102. The van der Waals surface area contributed by atoms with Gasteiger partial charge in [-0.1, -0.05) is 6.07 Å². The molecule has 0 aromatic heterocycles. The van der Waals surface area contributed by atoms with Crippen molar-refractivity contribution < 1.29 is 9.18 Å². The third-order valence-corrected chi connectivity index (χ3v) is 3.44. The van der Waals surface area contributed by atoms with Gasteiger partial charge in [-0.05, 0) is 54.8 Å². The summed E-state index contributed by atoms with van der Waals surface area (Å²) in [6.45, 7) is 0.941. The first kappa shape index (κ1) is 12.7. The molecule has 1 amide bonds. The topological polar surface area (TPSA) is 41.1 Å². The Morgan fingerprint density at radius 3 is 2.75 bits per heavy atom. The van der Waals surface area contributed by atoms with Crippen molar-refractivity contribution >= 4 is 17.3 Å². The molecule has 0 bridgehead atoms. The van der Waals surface area contributed by atoms with Crippen molar-refractivity contribution in [1.29, 1.82) is 0 Å². The van der Waals surface area contributed by atoms with Gasteiger partial charge < -0.3 is 10.6 Å². The van der Waals surface area contributed by atoms with Crippen molar-refractivity contribution in [3.05, 3.63) is 59.4 Å². The molecule has 102 valence electrons. The van der Waals surface area contributed by atoms with Gasteiger partial charge in [-0.15, -0.1) is 0 Å². The van der Waals surface area contributed by atoms with Crippen molar-refractivity contribution in [3.63, 3.8) is 0 Å². The zero-order chi connectivity index (χ0) is 13.9. The van der Waals surface area contributed by atoms with Crippen LogP contribution < -0.4 is 10.6 Å². The molecule has 4 heteroatoms. The maximum Gasteiger partial charge on any atom is 0.256 e. The average molecular weight is 270 g/mol. The number of rotatable bonds is 2. The Kier molecular flexibility index (Phi) is 3.37. The van der Waals surface area contributed by atoms with Gasteiger partial charge in [0, 0.05) is 23.5 Å². The summed E-state index contributed by atoms with van der Waals surface area (Å²) < 4.78 is 12.9. The van der Waals surface area contributed by atoms with Gasteiger partial charge in [0.15, 0.2) is 0 Å². The Balaban J connectivity index is 1.85. The third kappa shape index (κ3) is 2.50. The number of benzene rings is 2. The Morgan fingerprint density at radius 1 is 1.15 bits per heavy atom. The predicted molar refractivity (Wildman–Crippen MR) is 77.6 cm³/mol. The van der Waals surface area contributed by atoms with Crippen LogP contribution in [0, 0.1) is 5.82 Å². The van der Waals surface area contributed by atoms with Crippen LogP contribution in [0.5, 0.6) is 0 Å². The number of anilines is 2. The van der Waals surface area contributed by atoms with Crippen LogP contribution in [-0.2, 0) is 6.42 Å². The summed E-state index contributed by atoms with van der Waals surface area (Å²) in [5, 5.41) is 6.10. The molecule has 0 saturated heterocycles. The number of hydrogen-bond donors (Lipinski definition) is 2. The van der Waals surface area contributed by atoms with E-state index in [9.17, 15) is 9.18 Å². The van der Waals surface area contributed by atoms with E-state index in [1.807, 2.05) is 18.2 Å². The standard InChI is InChI=1S/C16H15FN2O/c17-11-6-8-12(9-7-11)19-16(20)14-3-1-5-15-13(14)4-2-10-18-15/h1,3,5-9,18H,2,4,10H2,(H,19,20). The fourth-order valence-electron chi connectivity index (χ4n) is 2.45. The van der Waals surface area contributed by atoms with E-state index in [2.05, 4.69) is 10.6 Å². The normalized spacial score (nSPS) is 13.2. The monoisotopic (exact) mass is 270 g/mol. The molecule has 0 fully saturated rings. The first-order valence-corrected chi connectivity index (χ1v) is 6.67. The molecular weight excluding hydrogens is 255 g/mol. The molecule has 1 heterocycles. The van der Waals surface area contributed by atoms with Crippen molar-refractivity contribution in [2.24, 2.45) is 0 Å². The van der Waals surface area contributed by atoms with Crippen LogP contribution in [0.1, 0.15) is 22.3 Å². The van der Waals surface area contributed by atoms with Gasteiger partial charge in [0.05, 0.1) is 0 Å². The first-order valence-electron chi connectivity index (χ1n) is 6.67. The van der Waals surface area contributed by atoms with Gasteiger partial charge in [0.1, 0.15) is 5.82 Å². The number of amides is 1. The molecule has 2 N–H and O–H groups in total. The number of fused-ring (bicyclic) bond motifs is 1. The minimum Gasteiger partial charge on any atom is -0.385 e. The zero-order valence-corrected chi connectivity index (χ0v) is 10.9. The van der Waals surface area contributed by atoms with Crippen LogP contribution in [-0.4, -0.2) is 12.5 Å². The van der Waals surface area contributed by atoms with Crippen molar-refractivity contribution in [3.8, 4) is 0 Å². The van der Waals surface area contributed by atoms with E-state index in [-0.39, 0.29) is 11.7 Å². The molecule has 0 unspecified atom stereocenters. The van der Waals surface area contributed by atoms with Crippen molar-refractivity contribution in [1.82, 2.24) is 0 Å². The molecule has 0 aliphatic carbocycles. The number of nitrogens with one attached hydrogen (secondary N) is 2. The molecule has 0 saturated carbocycles. The second-order valence-electron chi connectivity index (χ2n) is 4.82. The fourth-order valence-corrected chi connectivity index (χ4v) is 2.45. The van der Waals surface area contributed by atoms with E-state index in [0.29, 0.717) is 11.3 Å². The maximum atomic E-state index is 12.9. The van der Waals surface area contributed by atoms with Gasteiger partial charge >= 0.3 is 0 Å². The van der Waals surface area contributed by atoms with Crippen LogP contribution in [0.3, 0.4) is 0 Å². The summed E-state index contributed by atoms with van der Waals surface area (Å²) in [5.74, 6) is -0.471. The van der Waals surface area contributed by atoms with Gasteiger partial charge in [-0.2, -0.15) is 0 Å². The van der Waals surface area contributed by atoms with E-state index in [1.165, 1.54) is 12.1 Å². The molecule has 20 heavy (non-hydrogen) atoms. The van der Waals surface area contributed by atoms with Gasteiger partial charge in [-0.3, -0.25) is 4.79 Å². The zero-order valence-electron chi connectivity index (χ0n) is 10.9. The summed E-state index contributed by atoms with van der Waals surface area (Å²) in [6.07, 6.45) is 1.92. The lowest BCUT2D eigenvalue weighted by Gasteiger charge is -2.20. The predicted octanol–water partition coefficient (Wildman–Crippen LogP) is 3.44. The second kappa shape index (κ2) is 5.33. The van der Waals surface area contributed by atoms with E-state index >= 15 is 0 Å². The van der Waals surface area contributed by atoms with Crippen LogP contribution in [0.2, 0.25) is 0 Å². The lowest BCUT2D eigenvalue weighted by Crippen LogP contribution is -2.19. The average Bonchev–Trinajstić information content (AvgIpc) is 2.49. The maximum absolute atomic E-state index is 12.9. The van der Waals surface area contributed by atoms with Crippen LogP contribution in [0.15, 0.2) is 42.5 Å². The Morgan fingerprint density at radius 2 is 1.95 bits per heavy atom. The van der Waals surface area contributed by atoms with E-state index < -0.39 is 0 Å². The summed E-state index contributed by atoms with van der Waals surface area (Å²) >= 11 is 0. The van der Waals surface area contributed by atoms with Crippen molar-refractivity contribution in [2.45, 2.75) is 12.8 Å². The van der Waals surface area contributed by atoms with Gasteiger partial charge in [-0.25, -0.2) is 4.39 Å². The fraction of sp³-hybridized carbons (Fsp3) is 0.188. The highest BCUT2D eigenvalue weighted by molar-refractivity contribution is 6.06. The minimum atomic E-state index is -0.315. The Hall–Kier alpha value is -2.36. The molecule has 2 aromatic carbocycles. The molecule has 0 atom stereocenters. The molecule has 1 aliphatic heterocycles. The van der Waals surface area contributed by atoms with E-state index in [1.54, 1.807) is 12.1 Å². The molecule has 0 spiro atoms. The highest BCUT2D eigenvalue weighted by Crippen LogP contribution is 2.26. The van der Waals surface area contributed by atoms with Crippen molar-refractivity contribution in [2.75, 3.05) is 17.2 Å². The quantitative estimate of drug-likeness (QED) is 0.877. The van der Waals surface area contributed by atoms with Crippen LogP contribution in [0.25, 0.3) is 0 Å². The molecule has 2 aromatic rings. The molecule has 0 radical (unpaired) electrons. The summed E-state index contributed by atoms with van der Waals surface area (Å²) in [4.78, 5) is 12.3. The molecule has 1 aliphatic rings. The Labute approximate surface area is 116 Å². The summed E-state index contributed by atoms with van der Waals surface area (Å²) in [5.41, 5.74) is 3.36. The first-order chi connectivity index (χ1) is 9.74. The molecular formula is C16H15FN2O. The summed E-state index contributed by atoms with van der Waals surface area (Å²) in [7, 11) is 0. The van der Waals surface area contributed by atoms with Crippen LogP contribution in [0.4, 0.5) is 15.8 Å². The van der Waals surface area contributed by atoms with Crippen LogP contribution >= 0.6 is 0 Å². The third-order valence-electron chi connectivity index (χ3n) is 3.44. The molecule has 3 rings (SSSR count). The number of carbonyl (C=O) groups is 1. The summed E-state index contributed by atoms with van der Waals surface area (Å²) in [6, 6.07) is 11.5. The second-order valence-corrected chi connectivity index (χ2v) is 4.82. The Bertz CT molecular complexity index is 637. The van der Waals surface area contributed by atoms with E-state index in [4.69, 9.17) is 0 Å². The minimum absolute atomic E-state index is 0.155.